The lowest BCUT2D eigenvalue weighted by Crippen LogP contribution is -2.49. The number of nitrogens with one attached hydrogen (secondary N) is 3. The summed E-state index contributed by atoms with van der Waals surface area (Å²) < 4.78 is 29.3. The first kappa shape index (κ1) is 44.6. The number of hydrogen-bond donors (Lipinski definition) is 3. The maximum absolute atomic E-state index is 13.5. The average molecular weight is 827 g/mol. The van der Waals surface area contributed by atoms with Crippen LogP contribution in [0.2, 0.25) is 5.02 Å². The number of amides is 3. The van der Waals surface area contributed by atoms with Gasteiger partial charge in [0.25, 0.3) is 0 Å². The van der Waals surface area contributed by atoms with E-state index in [9.17, 15) is 14.4 Å². The number of halogens is 1. The molecule has 0 radical (unpaired) electrons. The van der Waals surface area contributed by atoms with Gasteiger partial charge in [0.15, 0.2) is 0 Å². The van der Waals surface area contributed by atoms with Crippen molar-refractivity contribution in [1.29, 1.82) is 0 Å². The minimum atomic E-state index is -0.547. The van der Waals surface area contributed by atoms with Gasteiger partial charge in [0.1, 0.15) is 18.8 Å². The molecule has 0 atom stereocenters. The van der Waals surface area contributed by atoms with E-state index in [-0.39, 0.29) is 44.3 Å². The van der Waals surface area contributed by atoms with Crippen LogP contribution in [0.1, 0.15) is 70.6 Å². The van der Waals surface area contributed by atoms with E-state index < -0.39 is 17.8 Å². The van der Waals surface area contributed by atoms with Crippen molar-refractivity contribution in [2.75, 3.05) is 64.6 Å². The highest BCUT2D eigenvalue weighted by molar-refractivity contribution is 6.33. The van der Waals surface area contributed by atoms with Gasteiger partial charge in [-0.2, -0.15) is 5.10 Å². The summed E-state index contributed by atoms with van der Waals surface area (Å²) in [7, 11) is 1.95. The molecule has 0 aliphatic heterocycles. The third-order valence-corrected chi connectivity index (χ3v) is 9.97. The summed E-state index contributed by atoms with van der Waals surface area (Å²) in [6, 6.07) is 9.35. The Morgan fingerprint density at radius 1 is 0.879 bits per heavy atom. The number of aromatic nitrogens is 4. The highest BCUT2D eigenvalue weighted by Gasteiger charge is 2.32. The number of benzene rings is 1. The SMILES string of the molecule is Cn1ncc(-c2nc(NC3CCC(N(CC(=O)NCCOCCOCCOCCNC(=O)OC(C)(C)C)C(=O)OCc4ccccc4)CC3)ncc2Cl)c1CC1CC1. The Labute approximate surface area is 346 Å². The Bertz CT molecular complexity index is 1750. The Kier molecular flexibility index (Phi) is 17.4. The predicted molar refractivity (Wildman–Crippen MR) is 218 cm³/mol. The molecule has 1 aromatic carbocycles. The largest absolute Gasteiger partial charge is 0.445 e. The van der Waals surface area contributed by atoms with E-state index in [0.717, 1.165) is 36.1 Å². The highest BCUT2D eigenvalue weighted by Crippen LogP contribution is 2.37. The van der Waals surface area contributed by atoms with Crippen LogP contribution >= 0.6 is 11.6 Å². The van der Waals surface area contributed by atoms with Crippen LogP contribution in [0.15, 0.2) is 42.7 Å². The zero-order valence-electron chi connectivity index (χ0n) is 34.2. The minimum absolute atomic E-state index is 0.0721. The number of carbonyl (C=O) groups is 3. The lowest BCUT2D eigenvalue weighted by Gasteiger charge is -2.36. The van der Waals surface area contributed by atoms with E-state index in [1.165, 1.54) is 12.8 Å². The third-order valence-electron chi connectivity index (χ3n) is 9.69. The number of alkyl carbamates (subject to hydrolysis) is 1. The van der Waals surface area contributed by atoms with E-state index in [1.807, 2.05) is 48.3 Å². The summed E-state index contributed by atoms with van der Waals surface area (Å²) >= 11 is 6.60. The quantitative estimate of drug-likeness (QED) is 0.108. The molecule has 318 valence electrons. The number of carbonyl (C=O) groups excluding carboxylic acids is 3. The van der Waals surface area contributed by atoms with Gasteiger partial charge in [0.2, 0.25) is 11.9 Å². The first-order chi connectivity index (χ1) is 27.9. The van der Waals surface area contributed by atoms with Crippen LogP contribution < -0.4 is 16.0 Å². The predicted octanol–water partition coefficient (Wildman–Crippen LogP) is 5.54. The van der Waals surface area contributed by atoms with Crippen molar-refractivity contribution in [3.8, 4) is 11.3 Å². The number of ether oxygens (including phenoxy) is 5. The van der Waals surface area contributed by atoms with Gasteiger partial charge in [-0.3, -0.25) is 14.4 Å². The Morgan fingerprint density at radius 2 is 1.53 bits per heavy atom. The lowest BCUT2D eigenvalue weighted by atomic mass is 9.90. The second kappa shape index (κ2) is 22.6. The number of aryl methyl sites for hydroxylation is 1. The molecule has 0 bridgehead atoms. The van der Waals surface area contributed by atoms with Crippen molar-refractivity contribution in [3.05, 3.63) is 59.0 Å². The first-order valence-electron chi connectivity index (χ1n) is 20.2. The van der Waals surface area contributed by atoms with Gasteiger partial charge in [-0.15, -0.1) is 0 Å². The molecule has 17 heteroatoms. The molecule has 2 saturated carbocycles. The van der Waals surface area contributed by atoms with Gasteiger partial charge < -0.3 is 39.6 Å². The summed E-state index contributed by atoms with van der Waals surface area (Å²) in [5.41, 5.74) is 3.03. The van der Waals surface area contributed by atoms with Crippen LogP contribution in [-0.2, 0) is 48.6 Å². The van der Waals surface area contributed by atoms with Crippen LogP contribution in [-0.4, -0.2) is 120 Å². The highest BCUT2D eigenvalue weighted by atomic mass is 35.5. The molecule has 2 aromatic heterocycles. The smallest absolute Gasteiger partial charge is 0.410 e. The summed E-state index contributed by atoms with van der Waals surface area (Å²) in [4.78, 5) is 49.0. The molecular weight excluding hydrogens is 768 g/mol. The molecule has 3 aromatic rings. The fourth-order valence-corrected chi connectivity index (χ4v) is 6.73. The van der Waals surface area contributed by atoms with E-state index in [2.05, 4.69) is 26.0 Å². The second-order valence-electron chi connectivity index (χ2n) is 15.6. The maximum atomic E-state index is 13.5. The molecule has 16 nitrogen and oxygen atoms in total. The Balaban J connectivity index is 1.02. The van der Waals surface area contributed by atoms with Crippen LogP contribution in [0.4, 0.5) is 15.5 Å². The monoisotopic (exact) mass is 826 g/mol. The van der Waals surface area contributed by atoms with Crippen molar-refractivity contribution < 1.29 is 38.1 Å². The van der Waals surface area contributed by atoms with Crippen LogP contribution in [0.3, 0.4) is 0 Å². The van der Waals surface area contributed by atoms with E-state index >= 15 is 0 Å². The summed E-state index contributed by atoms with van der Waals surface area (Å²) in [6.07, 6.45) is 8.66. The summed E-state index contributed by atoms with van der Waals surface area (Å²) in [6.45, 7) is 8.09. The normalized spacial score (nSPS) is 16.7. The Hall–Kier alpha value is -4.51. The lowest BCUT2D eigenvalue weighted by molar-refractivity contribution is -0.123. The van der Waals surface area contributed by atoms with Crippen molar-refractivity contribution in [3.63, 3.8) is 0 Å². The van der Waals surface area contributed by atoms with Crippen molar-refractivity contribution in [2.45, 2.75) is 90.0 Å². The third kappa shape index (κ3) is 15.3. The molecule has 2 fully saturated rings. The molecule has 0 spiro atoms. The van der Waals surface area contributed by atoms with Crippen molar-refractivity contribution >= 4 is 35.6 Å². The number of hydrogen-bond acceptors (Lipinski definition) is 12. The molecule has 3 amide bonds. The van der Waals surface area contributed by atoms with Gasteiger partial charge >= 0.3 is 12.2 Å². The number of anilines is 1. The van der Waals surface area contributed by atoms with Crippen molar-refractivity contribution in [2.24, 2.45) is 13.0 Å². The molecule has 3 N–H and O–H groups in total. The van der Waals surface area contributed by atoms with Gasteiger partial charge in [-0.05, 0) is 77.2 Å². The molecule has 2 aliphatic rings. The fourth-order valence-electron chi connectivity index (χ4n) is 6.54. The molecule has 58 heavy (non-hydrogen) atoms. The fraction of sp³-hybridized carbons (Fsp3) is 0.610. The maximum Gasteiger partial charge on any atom is 0.410 e. The minimum Gasteiger partial charge on any atom is -0.445 e. The van der Waals surface area contributed by atoms with Gasteiger partial charge in [0, 0.05) is 43.5 Å². The van der Waals surface area contributed by atoms with Crippen LogP contribution in [0, 0.1) is 5.92 Å². The van der Waals surface area contributed by atoms with E-state index in [4.69, 9.17) is 40.3 Å². The second-order valence-corrected chi connectivity index (χ2v) is 16.0. The zero-order valence-corrected chi connectivity index (χ0v) is 34.9. The molecule has 0 saturated heterocycles. The van der Waals surface area contributed by atoms with Gasteiger partial charge in [-0.25, -0.2) is 19.6 Å². The zero-order chi connectivity index (χ0) is 41.3. The molecular formula is C41H59ClN8O8. The van der Waals surface area contributed by atoms with Gasteiger partial charge in [-0.1, -0.05) is 41.9 Å². The Morgan fingerprint density at radius 3 is 2.19 bits per heavy atom. The van der Waals surface area contributed by atoms with Crippen LogP contribution in [0.25, 0.3) is 11.3 Å². The number of rotatable bonds is 22. The number of nitrogens with zero attached hydrogens (tertiary/aromatic N) is 5. The topological polar surface area (TPSA) is 180 Å². The first-order valence-corrected chi connectivity index (χ1v) is 20.6. The van der Waals surface area contributed by atoms with Gasteiger partial charge in [0.05, 0.1) is 62.8 Å². The van der Waals surface area contributed by atoms with Crippen molar-refractivity contribution in [1.82, 2.24) is 35.3 Å². The standard InChI is InChI=1S/C41H59ClN8O8/c1-41(2,3)58-39(52)44-17-19-55-21-23-56-22-20-54-18-16-43-36(51)27-50(40(53)57-28-30-8-6-5-7-9-30)32-14-12-31(13-15-32)47-38-45-26-34(42)37(48-38)33-25-46-49(4)35(33)24-29-10-11-29/h5-9,25-26,29,31-32H,10-24,27-28H2,1-4H3,(H,43,51)(H,44,52)(H,45,47,48). The molecule has 0 unspecified atom stereocenters. The summed E-state index contributed by atoms with van der Waals surface area (Å²) in [5, 5.41) is 13.9. The molecule has 2 heterocycles. The molecule has 5 rings (SSSR count). The summed E-state index contributed by atoms with van der Waals surface area (Å²) in [5.74, 6) is 0.877. The van der Waals surface area contributed by atoms with E-state index in [1.54, 1.807) is 31.9 Å². The molecule has 2 aliphatic carbocycles. The van der Waals surface area contributed by atoms with Crippen LogP contribution in [0.5, 0.6) is 0 Å². The average Bonchev–Trinajstić information content (AvgIpc) is 3.95. The van der Waals surface area contributed by atoms with E-state index in [0.29, 0.717) is 75.0 Å².